The molecule has 5 nitrogen and oxygen atoms in total. The molecule has 0 atom stereocenters. The van der Waals surface area contributed by atoms with Crippen LogP contribution >= 0.6 is 24.0 Å². The number of benzene rings is 2. The van der Waals surface area contributed by atoms with E-state index >= 15 is 0 Å². The van der Waals surface area contributed by atoms with Crippen molar-refractivity contribution in [1.29, 1.82) is 0 Å². The van der Waals surface area contributed by atoms with Gasteiger partial charge in [-0.2, -0.15) is 0 Å². The monoisotopic (exact) mass is 490 g/mol. The molecule has 0 aromatic heterocycles. The number of nitrogens with one attached hydrogen (secondary N) is 2. The van der Waals surface area contributed by atoms with Crippen molar-refractivity contribution in [3.8, 4) is 0 Å². The van der Waals surface area contributed by atoms with Crippen LogP contribution in [0.3, 0.4) is 0 Å². The molecule has 1 heterocycles. The number of halogens is 1. The van der Waals surface area contributed by atoms with Crippen molar-refractivity contribution in [3.05, 3.63) is 71.8 Å². The van der Waals surface area contributed by atoms with Gasteiger partial charge in [0, 0.05) is 39.3 Å². The van der Waals surface area contributed by atoms with Gasteiger partial charge >= 0.3 is 0 Å². The molecule has 0 unspecified atom stereocenters. The standard InChI is InChI=1S/C22H26N4O.HI/c1-17(27)25-21-10-6-7-18(15-21)16-24-22(23-2)26-13-11-20(12-14-26)19-8-4-3-5-9-19;/h3-11,15H,12-14,16H2,1-2H3,(H,23,24)(H,25,27);1H. The number of amides is 1. The second-order valence-electron chi connectivity index (χ2n) is 6.57. The molecule has 0 saturated heterocycles. The maximum atomic E-state index is 11.2. The number of hydrogen-bond acceptors (Lipinski definition) is 2. The molecule has 2 aromatic rings. The Morgan fingerprint density at radius 1 is 1.14 bits per heavy atom. The van der Waals surface area contributed by atoms with Crippen LogP contribution in [0, 0.1) is 0 Å². The highest BCUT2D eigenvalue weighted by molar-refractivity contribution is 14.0. The van der Waals surface area contributed by atoms with Crippen molar-refractivity contribution >= 4 is 47.1 Å². The van der Waals surface area contributed by atoms with Crippen molar-refractivity contribution < 1.29 is 4.79 Å². The van der Waals surface area contributed by atoms with Crippen LogP contribution in [0.15, 0.2) is 65.7 Å². The third-order valence-electron chi connectivity index (χ3n) is 4.56. The molecule has 1 aliphatic rings. The molecule has 0 bridgehead atoms. The Labute approximate surface area is 184 Å². The summed E-state index contributed by atoms with van der Waals surface area (Å²) in [6.45, 7) is 3.95. The zero-order valence-corrected chi connectivity index (χ0v) is 18.6. The fraction of sp³-hybridized carbons (Fsp3) is 0.273. The van der Waals surface area contributed by atoms with E-state index in [1.165, 1.54) is 18.1 Å². The maximum Gasteiger partial charge on any atom is 0.221 e. The van der Waals surface area contributed by atoms with E-state index in [-0.39, 0.29) is 29.9 Å². The number of nitrogens with zero attached hydrogens (tertiary/aromatic N) is 2. The van der Waals surface area contributed by atoms with E-state index in [1.54, 1.807) is 0 Å². The first-order valence-electron chi connectivity index (χ1n) is 9.22. The highest BCUT2D eigenvalue weighted by Crippen LogP contribution is 2.22. The lowest BCUT2D eigenvalue weighted by atomic mass is 10.00. The molecule has 1 aliphatic heterocycles. The minimum Gasteiger partial charge on any atom is -0.352 e. The molecular formula is C22H27IN4O. The van der Waals surface area contributed by atoms with Crippen LogP contribution < -0.4 is 10.6 Å². The zero-order valence-electron chi connectivity index (χ0n) is 16.3. The van der Waals surface area contributed by atoms with Crippen LogP contribution in [-0.2, 0) is 11.3 Å². The molecule has 2 N–H and O–H groups in total. The smallest absolute Gasteiger partial charge is 0.221 e. The van der Waals surface area contributed by atoms with Crippen LogP contribution in [0.1, 0.15) is 24.5 Å². The average Bonchev–Trinajstić information content (AvgIpc) is 2.69. The van der Waals surface area contributed by atoms with Crippen molar-refractivity contribution in [2.24, 2.45) is 4.99 Å². The number of carbonyl (C=O) groups is 1. The maximum absolute atomic E-state index is 11.2. The minimum absolute atomic E-state index is 0. The van der Waals surface area contributed by atoms with E-state index in [9.17, 15) is 4.79 Å². The minimum atomic E-state index is -0.0646. The Morgan fingerprint density at radius 3 is 2.57 bits per heavy atom. The van der Waals surface area contributed by atoms with E-state index in [4.69, 9.17) is 0 Å². The highest BCUT2D eigenvalue weighted by Gasteiger charge is 2.16. The van der Waals surface area contributed by atoms with Crippen LogP contribution in [0.5, 0.6) is 0 Å². The Balaban J connectivity index is 0.00000280. The highest BCUT2D eigenvalue weighted by atomic mass is 127. The van der Waals surface area contributed by atoms with E-state index in [0.717, 1.165) is 36.7 Å². The summed E-state index contributed by atoms with van der Waals surface area (Å²) in [6, 6.07) is 18.4. The lowest BCUT2D eigenvalue weighted by molar-refractivity contribution is -0.114. The lowest BCUT2D eigenvalue weighted by Crippen LogP contribution is -2.43. The molecule has 2 aromatic carbocycles. The molecular weight excluding hydrogens is 463 g/mol. The fourth-order valence-corrected chi connectivity index (χ4v) is 3.25. The van der Waals surface area contributed by atoms with Gasteiger partial charge in [0.1, 0.15) is 0 Å². The van der Waals surface area contributed by atoms with Crippen molar-refractivity contribution in [3.63, 3.8) is 0 Å². The van der Waals surface area contributed by atoms with E-state index in [0.29, 0.717) is 6.54 Å². The molecule has 0 fully saturated rings. The fourth-order valence-electron chi connectivity index (χ4n) is 3.25. The first-order chi connectivity index (χ1) is 13.2. The van der Waals surface area contributed by atoms with Gasteiger partial charge in [-0.3, -0.25) is 9.79 Å². The summed E-state index contributed by atoms with van der Waals surface area (Å²) in [7, 11) is 1.81. The van der Waals surface area contributed by atoms with Crippen LogP contribution in [0.4, 0.5) is 5.69 Å². The molecule has 1 amide bonds. The van der Waals surface area contributed by atoms with E-state index in [2.05, 4.69) is 50.9 Å². The molecule has 148 valence electrons. The molecule has 3 rings (SSSR count). The first-order valence-corrected chi connectivity index (χ1v) is 9.22. The third kappa shape index (κ3) is 6.09. The summed E-state index contributed by atoms with van der Waals surface area (Å²) in [5.41, 5.74) is 4.60. The number of aliphatic imine (C=N–C) groups is 1. The van der Waals surface area contributed by atoms with Crippen LogP contribution in [0.25, 0.3) is 5.57 Å². The quantitative estimate of drug-likeness (QED) is 0.385. The van der Waals surface area contributed by atoms with Gasteiger partial charge in [0.05, 0.1) is 0 Å². The molecule has 0 radical (unpaired) electrons. The van der Waals surface area contributed by atoms with Crippen molar-refractivity contribution in [2.75, 3.05) is 25.5 Å². The van der Waals surface area contributed by atoms with Gasteiger partial charge in [0.25, 0.3) is 0 Å². The number of rotatable bonds is 4. The SMILES string of the molecule is CN=C(NCc1cccc(NC(C)=O)c1)N1CC=C(c2ccccc2)CC1.I. The molecule has 28 heavy (non-hydrogen) atoms. The Hall–Kier alpha value is -2.35. The second-order valence-corrected chi connectivity index (χ2v) is 6.57. The summed E-state index contributed by atoms with van der Waals surface area (Å²) in [5.74, 6) is 0.827. The van der Waals surface area contributed by atoms with Gasteiger partial charge < -0.3 is 15.5 Å². The summed E-state index contributed by atoms with van der Waals surface area (Å²) in [5, 5.41) is 6.24. The van der Waals surface area contributed by atoms with Gasteiger partial charge in [-0.15, -0.1) is 24.0 Å². The average molecular weight is 490 g/mol. The second kappa shape index (κ2) is 10.8. The Bertz CT molecular complexity index is 849. The van der Waals surface area contributed by atoms with Crippen LogP contribution in [-0.4, -0.2) is 36.9 Å². The topological polar surface area (TPSA) is 56.7 Å². The summed E-state index contributed by atoms with van der Waals surface area (Å²) < 4.78 is 0. The number of anilines is 1. The number of hydrogen-bond donors (Lipinski definition) is 2. The molecule has 0 aliphatic carbocycles. The van der Waals surface area contributed by atoms with Gasteiger partial charge in [0.15, 0.2) is 5.96 Å². The van der Waals surface area contributed by atoms with Gasteiger partial charge in [-0.05, 0) is 35.3 Å². The lowest BCUT2D eigenvalue weighted by Gasteiger charge is -2.30. The Morgan fingerprint density at radius 2 is 1.93 bits per heavy atom. The normalized spacial score (nSPS) is 14.0. The zero-order chi connectivity index (χ0) is 19.1. The van der Waals surface area contributed by atoms with Crippen molar-refractivity contribution in [2.45, 2.75) is 19.9 Å². The summed E-state index contributed by atoms with van der Waals surface area (Å²) in [4.78, 5) is 17.9. The Kier molecular flexibility index (Phi) is 8.50. The van der Waals surface area contributed by atoms with Crippen LogP contribution in [0.2, 0.25) is 0 Å². The largest absolute Gasteiger partial charge is 0.352 e. The predicted octanol–water partition coefficient (Wildman–Crippen LogP) is 4.13. The van der Waals surface area contributed by atoms with Gasteiger partial charge in [0.2, 0.25) is 5.91 Å². The molecule has 0 saturated carbocycles. The third-order valence-corrected chi connectivity index (χ3v) is 4.56. The number of guanidine groups is 1. The van der Waals surface area contributed by atoms with Gasteiger partial charge in [-0.1, -0.05) is 48.5 Å². The first kappa shape index (κ1) is 21.9. The predicted molar refractivity (Wildman–Crippen MR) is 127 cm³/mol. The number of carbonyl (C=O) groups excluding carboxylic acids is 1. The van der Waals surface area contributed by atoms with E-state index < -0.39 is 0 Å². The summed E-state index contributed by atoms with van der Waals surface area (Å²) in [6.07, 6.45) is 3.28. The van der Waals surface area contributed by atoms with Crippen molar-refractivity contribution in [1.82, 2.24) is 10.2 Å². The molecule has 6 heteroatoms. The van der Waals surface area contributed by atoms with E-state index in [1.807, 2.05) is 37.4 Å². The molecule has 0 spiro atoms. The summed E-state index contributed by atoms with van der Waals surface area (Å²) >= 11 is 0. The van der Waals surface area contributed by atoms with Gasteiger partial charge in [-0.25, -0.2) is 0 Å².